The lowest BCUT2D eigenvalue weighted by atomic mass is 10.1. The molecule has 1 N–H and O–H groups in total. The van der Waals surface area contributed by atoms with Crippen LogP contribution >= 0.6 is 0 Å². The van der Waals surface area contributed by atoms with Gasteiger partial charge in [0.05, 0.1) is 11.8 Å². The molecule has 0 bridgehead atoms. The van der Waals surface area contributed by atoms with Crippen molar-refractivity contribution in [2.45, 2.75) is 6.54 Å². The lowest BCUT2D eigenvalue weighted by Crippen LogP contribution is -2.10. The Hall–Kier alpha value is -1.81. The van der Waals surface area contributed by atoms with E-state index < -0.39 is 5.97 Å². The van der Waals surface area contributed by atoms with Gasteiger partial charge in [-0.05, 0) is 32.3 Å². The smallest absolute Gasteiger partial charge is 0.335 e. The van der Waals surface area contributed by atoms with Crippen LogP contribution in [0.1, 0.15) is 15.9 Å². The molecule has 1 heterocycles. The Morgan fingerprint density at radius 1 is 1.44 bits per heavy atom. The highest BCUT2D eigenvalue weighted by atomic mass is 16.4. The quantitative estimate of drug-likeness (QED) is 0.859. The topological polar surface area (TPSA) is 53.7 Å². The molecule has 0 aliphatic carbocycles. The molecule has 1 aromatic carbocycles. The molecule has 0 atom stereocenters. The monoisotopic (exact) mass is 219 g/mol. The first-order valence-corrected chi connectivity index (χ1v) is 4.96. The van der Waals surface area contributed by atoms with Crippen LogP contribution in [0.15, 0.2) is 28.9 Å². The number of nitrogens with zero attached hydrogens (tertiary/aromatic N) is 1. The van der Waals surface area contributed by atoms with Crippen molar-refractivity contribution in [3.8, 4) is 0 Å². The number of fused-ring (bicyclic) bond motifs is 1. The lowest BCUT2D eigenvalue weighted by molar-refractivity contribution is 0.0697. The van der Waals surface area contributed by atoms with Gasteiger partial charge >= 0.3 is 5.97 Å². The Balaban J connectivity index is 2.51. The Bertz CT molecular complexity index is 528. The Morgan fingerprint density at radius 2 is 2.19 bits per heavy atom. The lowest BCUT2D eigenvalue weighted by Gasteiger charge is -2.07. The average molecular weight is 219 g/mol. The molecule has 1 aromatic heterocycles. The van der Waals surface area contributed by atoms with Crippen LogP contribution < -0.4 is 0 Å². The summed E-state index contributed by atoms with van der Waals surface area (Å²) in [4.78, 5) is 12.9. The number of hydrogen-bond donors (Lipinski definition) is 1. The summed E-state index contributed by atoms with van der Waals surface area (Å²) in [6.45, 7) is 0.732. The number of rotatable bonds is 3. The molecule has 0 spiro atoms. The summed E-state index contributed by atoms with van der Waals surface area (Å²) >= 11 is 0. The van der Waals surface area contributed by atoms with Crippen molar-refractivity contribution in [3.05, 3.63) is 35.6 Å². The van der Waals surface area contributed by atoms with Crippen LogP contribution in [0, 0.1) is 0 Å². The minimum Gasteiger partial charge on any atom is -0.478 e. The van der Waals surface area contributed by atoms with Crippen LogP contribution in [0.4, 0.5) is 0 Å². The van der Waals surface area contributed by atoms with Gasteiger partial charge in [0.25, 0.3) is 0 Å². The van der Waals surface area contributed by atoms with Crippen molar-refractivity contribution in [3.63, 3.8) is 0 Å². The van der Waals surface area contributed by atoms with Crippen LogP contribution in [0.3, 0.4) is 0 Å². The predicted molar refractivity (Wildman–Crippen MR) is 60.6 cm³/mol. The van der Waals surface area contributed by atoms with Gasteiger partial charge in [0, 0.05) is 17.5 Å². The zero-order valence-corrected chi connectivity index (χ0v) is 9.23. The highest BCUT2D eigenvalue weighted by molar-refractivity contribution is 5.93. The maximum absolute atomic E-state index is 10.9. The van der Waals surface area contributed by atoms with E-state index in [1.165, 1.54) is 0 Å². The zero-order valence-electron chi connectivity index (χ0n) is 9.23. The van der Waals surface area contributed by atoms with E-state index in [0.29, 0.717) is 0 Å². The summed E-state index contributed by atoms with van der Waals surface area (Å²) in [6.07, 6.45) is 1.68. The molecule has 0 saturated carbocycles. The first-order valence-electron chi connectivity index (χ1n) is 4.96. The summed E-state index contributed by atoms with van der Waals surface area (Å²) in [5, 5.41) is 9.78. The van der Waals surface area contributed by atoms with Gasteiger partial charge in [-0.25, -0.2) is 4.79 Å². The van der Waals surface area contributed by atoms with E-state index in [2.05, 4.69) is 0 Å². The normalized spacial score (nSPS) is 11.2. The molecule has 4 heteroatoms. The first kappa shape index (κ1) is 10.7. The van der Waals surface area contributed by atoms with E-state index in [0.717, 1.165) is 23.1 Å². The van der Waals surface area contributed by atoms with Crippen molar-refractivity contribution in [2.24, 2.45) is 0 Å². The molecule has 0 fully saturated rings. The molecule has 2 rings (SSSR count). The number of carboxylic acid groups (broad SMARTS) is 1. The molecule has 0 saturated heterocycles. The van der Waals surface area contributed by atoms with Gasteiger partial charge in [-0.3, -0.25) is 0 Å². The largest absolute Gasteiger partial charge is 0.478 e. The molecule has 0 aliphatic heterocycles. The van der Waals surface area contributed by atoms with E-state index in [1.807, 2.05) is 19.0 Å². The van der Waals surface area contributed by atoms with E-state index in [1.54, 1.807) is 24.5 Å². The summed E-state index contributed by atoms with van der Waals surface area (Å²) in [5.74, 6) is -0.918. The fourth-order valence-electron chi connectivity index (χ4n) is 1.68. The number of hydrogen-bond acceptors (Lipinski definition) is 3. The van der Waals surface area contributed by atoms with E-state index in [4.69, 9.17) is 9.52 Å². The van der Waals surface area contributed by atoms with Crippen LogP contribution in [-0.2, 0) is 6.54 Å². The van der Waals surface area contributed by atoms with Crippen LogP contribution in [0.25, 0.3) is 11.0 Å². The second kappa shape index (κ2) is 3.98. The SMILES string of the molecule is CN(C)Cc1coc2ccc(C(=O)O)cc12. The van der Waals surface area contributed by atoms with Crippen molar-refractivity contribution in [1.29, 1.82) is 0 Å². The van der Waals surface area contributed by atoms with E-state index >= 15 is 0 Å². The molecule has 2 aromatic rings. The number of aromatic carboxylic acids is 1. The van der Waals surface area contributed by atoms with Crippen molar-refractivity contribution >= 4 is 16.9 Å². The van der Waals surface area contributed by atoms with Crippen LogP contribution in [-0.4, -0.2) is 30.1 Å². The molecule has 16 heavy (non-hydrogen) atoms. The number of furan rings is 1. The Morgan fingerprint density at radius 3 is 2.81 bits per heavy atom. The maximum atomic E-state index is 10.9. The van der Waals surface area contributed by atoms with E-state index in [-0.39, 0.29) is 5.56 Å². The Kier molecular flexibility index (Phi) is 2.66. The number of benzene rings is 1. The fourth-order valence-corrected chi connectivity index (χ4v) is 1.68. The summed E-state index contributed by atoms with van der Waals surface area (Å²) in [6, 6.07) is 4.89. The predicted octanol–water partition coefficient (Wildman–Crippen LogP) is 2.19. The molecular weight excluding hydrogens is 206 g/mol. The third kappa shape index (κ3) is 1.92. The minimum absolute atomic E-state index is 0.286. The van der Waals surface area contributed by atoms with Gasteiger partial charge in [-0.2, -0.15) is 0 Å². The van der Waals surface area contributed by atoms with E-state index in [9.17, 15) is 4.79 Å². The number of carbonyl (C=O) groups is 1. The van der Waals surface area contributed by atoms with Gasteiger partial charge in [0.15, 0.2) is 0 Å². The average Bonchev–Trinajstić information content (AvgIpc) is 2.60. The van der Waals surface area contributed by atoms with Gasteiger partial charge in [0.1, 0.15) is 5.58 Å². The second-order valence-electron chi connectivity index (χ2n) is 4.01. The molecular formula is C12H13NO3. The van der Waals surface area contributed by atoms with Crippen molar-refractivity contribution < 1.29 is 14.3 Å². The molecule has 0 aliphatic rings. The van der Waals surface area contributed by atoms with Gasteiger partial charge in [-0.1, -0.05) is 0 Å². The number of carboxylic acids is 1. The Labute approximate surface area is 93.1 Å². The van der Waals surface area contributed by atoms with Crippen molar-refractivity contribution in [2.75, 3.05) is 14.1 Å². The van der Waals surface area contributed by atoms with Gasteiger partial charge in [0.2, 0.25) is 0 Å². The third-order valence-corrected chi connectivity index (χ3v) is 2.39. The molecule has 0 radical (unpaired) electrons. The van der Waals surface area contributed by atoms with Crippen LogP contribution in [0.5, 0.6) is 0 Å². The molecule has 0 amide bonds. The van der Waals surface area contributed by atoms with Crippen LogP contribution in [0.2, 0.25) is 0 Å². The molecule has 0 unspecified atom stereocenters. The summed E-state index contributed by atoms with van der Waals surface area (Å²) in [5.41, 5.74) is 2.01. The molecule has 4 nitrogen and oxygen atoms in total. The fraction of sp³-hybridized carbons (Fsp3) is 0.250. The molecule has 84 valence electrons. The second-order valence-corrected chi connectivity index (χ2v) is 4.01. The minimum atomic E-state index is -0.918. The van der Waals surface area contributed by atoms with Gasteiger partial charge in [-0.15, -0.1) is 0 Å². The third-order valence-electron chi connectivity index (χ3n) is 2.39. The summed E-state index contributed by atoms with van der Waals surface area (Å²) in [7, 11) is 3.92. The highest BCUT2D eigenvalue weighted by Gasteiger charge is 2.10. The first-order chi connectivity index (χ1) is 7.58. The van der Waals surface area contributed by atoms with Gasteiger partial charge < -0.3 is 14.4 Å². The highest BCUT2D eigenvalue weighted by Crippen LogP contribution is 2.23. The maximum Gasteiger partial charge on any atom is 0.335 e. The summed E-state index contributed by atoms with van der Waals surface area (Å²) < 4.78 is 5.37. The standard InChI is InChI=1S/C12H13NO3/c1-13(2)6-9-7-16-11-4-3-8(12(14)15)5-10(9)11/h3-5,7H,6H2,1-2H3,(H,14,15). The zero-order chi connectivity index (χ0) is 11.7. The van der Waals surface area contributed by atoms with Crippen molar-refractivity contribution in [1.82, 2.24) is 4.90 Å².